The molecular weight excluding hydrogens is 240 g/mol. The highest BCUT2D eigenvalue weighted by Crippen LogP contribution is 2.25. The lowest BCUT2D eigenvalue weighted by atomic mass is 10.3. The smallest absolute Gasteiger partial charge is 0.236 e. The third-order valence-electron chi connectivity index (χ3n) is 4.18. The molecule has 1 heterocycles. The second-order valence-electron chi connectivity index (χ2n) is 5.72. The van der Waals surface area contributed by atoms with Crippen LogP contribution in [0.3, 0.4) is 0 Å². The van der Waals surface area contributed by atoms with Crippen molar-refractivity contribution >= 4 is 5.91 Å². The highest BCUT2D eigenvalue weighted by Gasteiger charge is 2.27. The summed E-state index contributed by atoms with van der Waals surface area (Å²) in [5, 5.41) is 3.29. The van der Waals surface area contributed by atoms with Gasteiger partial charge in [-0.05, 0) is 26.4 Å². The number of likely N-dealkylation sites (N-methyl/N-ethyl adjacent to an activating group) is 2. The van der Waals surface area contributed by atoms with Gasteiger partial charge in [-0.3, -0.25) is 9.69 Å². The van der Waals surface area contributed by atoms with Crippen molar-refractivity contribution < 1.29 is 4.79 Å². The molecule has 2 fully saturated rings. The summed E-state index contributed by atoms with van der Waals surface area (Å²) < 4.78 is 0. The first-order chi connectivity index (χ1) is 9.20. The van der Waals surface area contributed by atoms with Gasteiger partial charge in [0.2, 0.25) is 5.91 Å². The number of carbonyl (C=O) groups excluding carboxylic acids is 1. The molecule has 2 aliphatic rings. The Bertz CT molecular complexity index is 285. The van der Waals surface area contributed by atoms with Gasteiger partial charge in [0.25, 0.3) is 0 Å². The minimum absolute atomic E-state index is 0.252. The van der Waals surface area contributed by atoms with Crippen molar-refractivity contribution in [1.82, 2.24) is 20.0 Å². The van der Waals surface area contributed by atoms with Crippen LogP contribution >= 0.6 is 0 Å². The number of piperazine rings is 1. The number of hydrogen-bond donors (Lipinski definition) is 1. The first-order valence-electron chi connectivity index (χ1n) is 7.61. The van der Waals surface area contributed by atoms with E-state index in [0.29, 0.717) is 6.54 Å². The lowest BCUT2D eigenvalue weighted by Gasteiger charge is -2.32. The van der Waals surface area contributed by atoms with Crippen LogP contribution in [0.15, 0.2) is 0 Å². The van der Waals surface area contributed by atoms with Crippen molar-refractivity contribution in [1.29, 1.82) is 0 Å². The van der Waals surface area contributed by atoms with Gasteiger partial charge in [-0.1, -0.05) is 6.92 Å². The van der Waals surface area contributed by atoms with Crippen molar-refractivity contribution in [2.45, 2.75) is 25.8 Å². The summed E-state index contributed by atoms with van der Waals surface area (Å²) in [5.74, 6) is 0.252. The van der Waals surface area contributed by atoms with Crippen molar-refractivity contribution in [3.8, 4) is 0 Å². The Morgan fingerprint density at radius 3 is 2.53 bits per heavy atom. The van der Waals surface area contributed by atoms with E-state index in [0.717, 1.165) is 51.9 Å². The molecule has 2 rings (SSSR count). The number of nitrogens with one attached hydrogen (secondary N) is 1. The molecule has 0 bridgehead atoms. The molecule has 1 saturated carbocycles. The van der Waals surface area contributed by atoms with E-state index in [1.54, 1.807) is 0 Å². The van der Waals surface area contributed by atoms with Gasteiger partial charge < -0.3 is 15.1 Å². The SMILES string of the molecule is CCN(CCNCC(=O)N1CCN(C)CC1)C1CC1. The summed E-state index contributed by atoms with van der Waals surface area (Å²) >= 11 is 0. The van der Waals surface area contributed by atoms with Gasteiger partial charge in [0.15, 0.2) is 0 Å². The van der Waals surface area contributed by atoms with Gasteiger partial charge in [-0.2, -0.15) is 0 Å². The molecule has 0 aromatic rings. The monoisotopic (exact) mass is 268 g/mol. The van der Waals surface area contributed by atoms with Crippen LogP contribution in [-0.2, 0) is 4.79 Å². The van der Waals surface area contributed by atoms with E-state index in [9.17, 15) is 4.79 Å². The van der Waals surface area contributed by atoms with Crippen molar-refractivity contribution in [3.63, 3.8) is 0 Å². The number of amides is 1. The number of carbonyl (C=O) groups is 1. The van der Waals surface area contributed by atoms with Crippen LogP contribution in [0, 0.1) is 0 Å². The molecule has 5 heteroatoms. The van der Waals surface area contributed by atoms with Crippen LogP contribution in [0.4, 0.5) is 0 Å². The summed E-state index contributed by atoms with van der Waals surface area (Å²) in [6, 6.07) is 0.820. The average molecular weight is 268 g/mol. The quantitative estimate of drug-likeness (QED) is 0.651. The van der Waals surface area contributed by atoms with E-state index in [4.69, 9.17) is 0 Å². The molecule has 1 aliphatic carbocycles. The Hall–Kier alpha value is -0.650. The third-order valence-corrected chi connectivity index (χ3v) is 4.18. The Morgan fingerprint density at radius 2 is 1.95 bits per heavy atom. The Morgan fingerprint density at radius 1 is 1.26 bits per heavy atom. The second kappa shape index (κ2) is 7.22. The van der Waals surface area contributed by atoms with E-state index >= 15 is 0 Å². The summed E-state index contributed by atoms with van der Waals surface area (Å²) in [4.78, 5) is 18.8. The normalized spacial score (nSPS) is 21.1. The first-order valence-corrected chi connectivity index (χ1v) is 7.61. The zero-order valence-corrected chi connectivity index (χ0v) is 12.4. The number of hydrogen-bond acceptors (Lipinski definition) is 4. The number of rotatable bonds is 7. The summed E-state index contributed by atoms with van der Waals surface area (Å²) in [7, 11) is 2.11. The van der Waals surface area contributed by atoms with Crippen LogP contribution in [-0.4, -0.2) is 86.1 Å². The minimum Gasteiger partial charge on any atom is -0.339 e. The minimum atomic E-state index is 0.252. The van der Waals surface area contributed by atoms with E-state index < -0.39 is 0 Å². The standard InChI is InChI=1S/C14H28N4O/c1-3-17(13-4-5-13)7-6-15-12-14(19)18-10-8-16(2)9-11-18/h13,15H,3-12H2,1-2H3. The second-order valence-corrected chi connectivity index (χ2v) is 5.72. The number of nitrogens with zero attached hydrogens (tertiary/aromatic N) is 3. The van der Waals surface area contributed by atoms with E-state index in [-0.39, 0.29) is 5.91 Å². The molecule has 0 radical (unpaired) electrons. The van der Waals surface area contributed by atoms with Crippen LogP contribution in [0.1, 0.15) is 19.8 Å². The van der Waals surface area contributed by atoms with Gasteiger partial charge in [-0.15, -0.1) is 0 Å². The maximum Gasteiger partial charge on any atom is 0.236 e. The van der Waals surface area contributed by atoms with Crippen LogP contribution in [0.5, 0.6) is 0 Å². The average Bonchev–Trinajstić information content (AvgIpc) is 3.24. The molecule has 0 aromatic heterocycles. The molecule has 0 spiro atoms. The fraction of sp³-hybridized carbons (Fsp3) is 0.929. The van der Waals surface area contributed by atoms with Gasteiger partial charge in [0.05, 0.1) is 6.54 Å². The third kappa shape index (κ3) is 4.75. The fourth-order valence-electron chi connectivity index (χ4n) is 2.62. The van der Waals surface area contributed by atoms with Gasteiger partial charge in [0, 0.05) is 45.3 Å². The summed E-state index contributed by atoms with van der Waals surface area (Å²) in [6.07, 6.45) is 2.71. The Labute approximate surface area is 116 Å². The molecule has 1 aliphatic heterocycles. The van der Waals surface area contributed by atoms with E-state index in [1.165, 1.54) is 12.8 Å². The van der Waals surface area contributed by atoms with Crippen molar-refractivity contribution in [2.24, 2.45) is 0 Å². The van der Waals surface area contributed by atoms with Crippen LogP contribution < -0.4 is 5.32 Å². The molecule has 0 unspecified atom stereocenters. The summed E-state index contributed by atoms with van der Waals surface area (Å²) in [6.45, 7) is 9.56. The molecule has 19 heavy (non-hydrogen) atoms. The lowest BCUT2D eigenvalue weighted by Crippen LogP contribution is -2.50. The molecule has 0 aromatic carbocycles. The first kappa shape index (κ1) is 14.8. The van der Waals surface area contributed by atoms with Gasteiger partial charge in [-0.25, -0.2) is 0 Å². The Kier molecular flexibility index (Phi) is 5.60. The lowest BCUT2D eigenvalue weighted by molar-refractivity contribution is -0.131. The molecule has 0 atom stereocenters. The molecular formula is C14H28N4O. The van der Waals surface area contributed by atoms with Crippen molar-refractivity contribution in [3.05, 3.63) is 0 Å². The summed E-state index contributed by atoms with van der Waals surface area (Å²) in [5.41, 5.74) is 0. The molecule has 1 N–H and O–H groups in total. The molecule has 5 nitrogen and oxygen atoms in total. The predicted molar refractivity (Wildman–Crippen MR) is 77.2 cm³/mol. The van der Waals surface area contributed by atoms with Gasteiger partial charge >= 0.3 is 0 Å². The Balaban J connectivity index is 1.56. The van der Waals surface area contributed by atoms with Crippen LogP contribution in [0.2, 0.25) is 0 Å². The molecule has 1 amide bonds. The van der Waals surface area contributed by atoms with Gasteiger partial charge in [0.1, 0.15) is 0 Å². The van der Waals surface area contributed by atoms with Crippen LogP contribution in [0.25, 0.3) is 0 Å². The zero-order chi connectivity index (χ0) is 13.7. The zero-order valence-electron chi connectivity index (χ0n) is 12.4. The fourth-order valence-corrected chi connectivity index (χ4v) is 2.62. The van der Waals surface area contributed by atoms with E-state index in [1.807, 2.05) is 4.90 Å². The maximum atomic E-state index is 12.0. The highest BCUT2D eigenvalue weighted by molar-refractivity contribution is 5.78. The maximum absolute atomic E-state index is 12.0. The van der Waals surface area contributed by atoms with Crippen molar-refractivity contribution in [2.75, 3.05) is 59.4 Å². The predicted octanol–water partition coefficient (Wildman–Crippen LogP) is -0.166. The molecule has 110 valence electrons. The topological polar surface area (TPSA) is 38.8 Å². The molecule has 1 saturated heterocycles. The van der Waals surface area contributed by atoms with E-state index in [2.05, 4.69) is 29.1 Å². The highest BCUT2D eigenvalue weighted by atomic mass is 16.2. The largest absolute Gasteiger partial charge is 0.339 e.